The minimum absolute atomic E-state index is 0.123. The van der Waals surface area contributed by atoms with E-state index in [-0.39, 0.29) is 12.4 Å². The first-order chi connectivity index (χ1) is 8.53. The summed E-state index contributed by atoms with van der Waals surface area (Å²) in [5, 5.41) is 3.74. The highest BCUT2D eigenvalue weighted by Crippen LogP contribution is 2.26. The molecule has 0 heterocycles. The Bertz CT molecular complexity index is 428. The van der Waals surface area contributed by atoms with Crippen molar-refractivity contribution in [3.63, 3.8) is 0 Å². The molecule has 3 nitrogen and oxygen atoms in total. The second-order valence-corrected chi connectivity index (χ2v) is 4.06. The van der Waals surface area contributed by atoms with Gasteiger partial charge >= 0.3 is 6.36 Å². The van der Waals surface area contributed by atoms with Crippen molar-refractivity contribution in [1.29, 1.82) is 0 Å². The van der Waals surface area contributed by atoms with Gasteiger partial charge in [0.1, 0.15) is 12.4 Å². The summed E-state index contributed by atoms with van der Waals surface area (Å²) in [6.07, 6.45) is -0.705. The third-order valence-electron chi connectivity index (χ3n) is 2.33. The van der Waals surface area contributed by atoms with Crippen LogP contribution in [0.2, 0.25) is 0 Å². The molecule has 18 heavy (non-hydrogen) atoms. The van der Waals surface area contributed by atoms with E-state index >= 15 is 0 Å². The summed E-state index contributed by atoms with van der Waals surface area (Å²) in [5.74, 6) is 0.250. The minimum Gasteiger partial charge on any atom is -0.406 e. The fraction of sp³-hybridized carbons (Fsp3) is 0.417. The summed E-state index contributed by atoms with van der Waals surface area (Å²) in [4.78, 5) is 4.99. The molecule has 0 aliphatic heterocycles. The zero-order valence-corrected chi connectivity index (χ0v) is 9.48. The van der Waals surface area contributed by atoms with Crippen molar-refractivity contribution in [2.75, 3.05) is 0 Å². The average Bonchev–Trinajstić information content (AvgIpc) is 3.06. The van der Waals surface area contributed by atoms with Gasteiger partial charge in [0.05, 0.1) is 0 Å². The highest BCUT2D eigenvalue weighted by molar-refractivity contribution is 5.62. The largest absolute Gasteiger partial charge is 0.573 e. The monoisotopic (exact) mass is 259 g/mol. The van der Waals surface area contributed by atoms with E-state index in [1.165, 1.54) is 18.2 Å². The van der Waals surface area contributed by atoms with Crippen LogP contribution in [0.5, 0.6) is 5.75 Å². The maximum absolute atomic E-state index is 12.0. The summed E-state index contributed by atoms with van der Waals surface area (Å²) >= 11 is 0. The normalized spacial score (nSPS) is 15.9. The topological polar surface area (TPSA) is 30.8 Å². The quantitative estimate of drug-likeness (QED) is 0.598. The van der Waals surface area contributed by atoms with Crippen LogP contribution in [0.3, 0.4) is 0 Å². The van der Waals surface area contributed by atoms with Crippen molar-refractivity contribution in [3.8, 4) is 5.75 Å². The molecule has 1 aromatic rings. The molecule has 1 aromatic carbocycles. The maximum atomic E-state index is 12.0. The van der Waals surface area contributed by atoms with Crippen LogP contribution in [0.15, 0.2) is 29.4 Å². The summed E-state index contributed by atoms with van der Waals surface area (Å²) in [6.45, 7) is 0.123. The van der Waals surface area contributed by atoms with Crippen molar-refractivity contribution < 1.29 is 22.7 Å². The third kappa shape index (κ3) is 4.65. The van der Waals surface area contributed by atoms with Crippen LogP contribution < -0.4 is 4.74 Å². The fourth-order valence-electron chi connectivity index (χ4n) is 1.32. The Morgan fingerprint density at radius 1 is 1.33 bits per heavy atom. The average molecular weight is 259 g/mol. The second-order valence-electron chi connectivity index (χ2n) is 4.06. The standard InChI is InChI=1S/C12H12F3NO2/c13-12(14,15)18-11-3-1-2-10(6-11)8-17-16-7-9-4-5-9/h1-3,6-7,9H,4-5,8H2. The Morgan fingerprint density at radius 3 is 2.78 bits per heavy atom. The van der Waals surface area contributed by atoms with Crippen LogP contribution in [0.1, 0.15) is 18.4 Å². The number of rotatable bonds is 5. The molecule has 0 saturated heterocycles. The van der Waals surface area contributed by atoms with Crippen LogP contribution in [0.4, 0.5) is 13.2 Å². The van der Waals surface area contributed by atoms with E-state index in [2.05, 4.69) is 9.89 Å². The number of nitrogens with zero attached hydrogens (tertiary/aromatic N) is 1. The van der Waals surface area contributed by atoms with E-state index in [0.717, 1.165) is 12.8 Å². The van der Waals surface area contributed by atoms with Crippen molar-refractivity contribution in [2.24, 2.45) is 11.1 Å². The van der Waals surface area contributed by atoms with E-state index in [0.29, 0.717) is 11.5 Å². The molecule has 1 aliphatic rings. The molecule has 0 amide bonds. The maximum Gasteiger partial charge on any atom is 0.573 e. The lowest BCUT2D eigenvalue weighted by molar-refractivity contribution is -0.274. The highest BCUT2D eigenvalue weighted by atomic mass is 19.4. The summed E-state index contributed by atoms with van der Waals surface area (Å²) in [7, 11) is 0. The SMILES string of the molecule is FC(F)(F)Oc1cccc(CON=CC2CC2)c1. The van der Waals surface area contributed by atoms with Crippen LogP contribution in [-0.4, -0.2) is 12.6 Å². The smallest absolute Gasteiger partial charge is 0.406 e. The number of benzene rings is 1. The summed E-state index contributed by atoms with van der Waals surface area (Å²) in [6, 6.07) is 5.64. The van der Waals surface area contributed by atoms with Gasteiger partial charge in [0.15, 0.2) is 0 Å². The lowest BCUT2D eigenvalue weighted by atomic mass is 10.2. The zero-order chi connectivity index (χ0) is 13.0. The predicted molar refractivity (Wildman–Crippen MR) is 59.1 cm³/mol. The van der Waals surface area contributed by atoms with Gasteiger partial charge in [-0.25, -0.2) is 0 Å². The highest BCUT2D eigenvalue weighted by Gasteiger charge is 2.31. The number of alkyl halides is 3. The molecule has 1 saturated carbocycles. The van der Waals surface area contributed by atoms with Gasteiger partial charge in [-0.15, -0.1) is 13.2 Å². The molecule has 6 heteroatoms. The molecule has 1 aliphatic carbocycles. The van der Waals surface area contributed by atoms with Gasteiger partial charge in [0.2, 0.25) is 0 Å². The Kier molecular flexibility index (Phi) is 3.74. The molecule has 0 N–H and O–H groups in total. The molecule has 2 rings (SSSR count). The Balaban J connectivity index is 1.85. The molecular formula is C12H12F3NO2. The third-order valence-corrected chi connectivity index (χ3v) is 2.33. The Hall–Kier alpha value is -1.72. The number of ether oxygens (including phenoxy) is 1. The van der Waals surface area contributed by atoms with Crippen molar-refractivity contribution in [3.05, 3.63) is 29.8 Å². The summed E-state index contributed by atoms with van der Waals surface area (Å²) in [5.41, 5.74) is 0.574. The van der Waals surface area contributed by atoms with Crippen LogP contribution in [0, 0.1) is 5.92 Å². The van der Waals surface area contributed by atoms with Gasteiger partial charge in [-0.2, -0.15) is 0 Å². The Labute approximate surface area is 102 Å². The van der Waals surface area contributed by atoms with E-state index < -0.39 is 6.36 Å². The number of oxime groups is 1. The van der Waals surface area contributed by atoms with Gasteiger partial charge in [0.25, 0.3) is 0 Å². The number of hydrogen-bond acceptors (Lipinski definition) is 3. The molecule has 0 aromatic heterocycles. The van der Waals surface area contributed by atoms with Gasteiger partial charge in [-0.1, -0.05) is 17.3 Å². The minimum atomic E-state index is -4.68. The molecule has 98 valence electrons. The van der Waals surface area contributed by atoms with E-state index in [1.807, 2.05) is 0 Å². The molecule has 0 spiro atoms. The fourth-order valence-corrected chi connectivity index (χ4v) is 1.32. The van der Waals surface area contributed by atoms with Crippen LogP contribution in [-0.2, 0) is 11.4 Å². The molecule has 0 bridgehead atoms. The van der Waals surface area contributed by atoms with Crippen LogP contribution in [0.25, 0.3) is 0 Å². The van der Waals surface area contributed by atoms with Crippen molar-refractivity contribution in [2.45, 2.75) is 25.8 Å². The lowest BCUT2D eigenvalue weighted by Gasteiger charge is -2.09. The van der Waals surface area contributed by atoms with Gasteiger partial charge in [0, 0.05) is 6.21 Å². The predicted octanol–water partition coefficient (Wildman–Crippen LogP) is 3.50. The van der Waals surface area contributed by atoms with Crippen molar-refractivity contribution in [1.82, 2.24) is 0 Å². The van der Waals surface area contributed by atoms with Gasteiger partial charge in [-0.3, -0.25) is 0 Å². The van der Waals surface area contributed by atoms with E-state index in [1.54, 1.807) is 12.3 Å². The first-order valence-corrected chi connectivity index (χ1v) is 5.53. The first-order valence-electron chi connectivity index (χ1n) is 5.53. The van der Waals surface area contributed by atoms with Crippen molar-refractivity contribution >= 4 is 6.21 Å². The molecular weight excluding hydrogens is 247 g/mol. The molecule has 0 radical (unpaired) electrons. The molecule has 0 unspecified atom stereocenters. The molecule has 0 atom stereocenters. The zero-order valence-electron chi connectivity index (χ0n) is 9.48. The van der Waals surface area contributed by atoms with Crippen LogP contribution >= 0.6 is 0 Å². The summed E-state index contributed by atoms with van der Waals surface area (Å²) < 4.78 is 39.8. The second kappa shape index (κ2) is 5.29. The Morgan fingerprint density at radius 2 is 2.11 bits per heavy atom. The van der Waals surface area contributed by atoms with Gasteiger partial charge < -0.3 is 9.57 Å². The first kappa shape index (κ1) is 12.7. The number of hydrogen-bond donors (Lipinski definition) is 0. The van der Waals surface area contributed by atoms with E-state index in [4.69, 9.17) is 4.84 Å². The lowest BCUT2D eigenvalue weighted by Crippen LogP contribution is -2.17. The van der Waals surface area contributed by atoms with E-state index in [9.17, 15) is 13.2 Å². The van der Waals surface area contributed by atoms with Gasteiger partial charge in [-0.05, 0) is 36.5 Å². The molecule has 1 fully saturated rings. The number of halogens is 3.